The highest BCUT2D eigenvalue weighted by Crippen LogP contribution is 2.71. The summed E-state index contributed by atoms with van der Waals surface area (Å²) in [6.45, 7) is 11.1. The summed E-state index contributed by atoms with van der Waals surface area (Å²) in [4.78, 5) is 12.1. The Morgan fingerprint density at radius 1 is 0.941 bits per heavy atom. The molecule has 0 N–H and O–H groups in total. The molecule has 5 aliphatic rings. The van der Waals surface area contributed by atoms with Crippen LogP contribution in [-0.4, -0.2) is 17.2 Å². The lowest BCUT2D eigenvalue weighted by atomic mass is 9.42. The molecule has 1 aliphatic heterocycles. The van der Waals surface area contributed by atoms with Crippen molar-refractivity contribution < 1.29 is 13.9 Å². The van der Waals surface area contributed by atoms with E-state index < -0.39 is 11.3 Å². The molecule has 1 saturated heterocycles. The van der Waals surface area contributed by atoms with E-state index in [2.05, 4.69) is 27.4 Å². The van der Waals surface area contributed by atoms with E-state index in [1.54, 1.807) is 0 Å². The van der Waals surface area contributed by atoms with E-state index in [1.807, 2.05) is 0 Å². The van der Waals surface area contributed by atoms with Crippen LogP contribution in [-0.2, 0) is 9.53 Å². The molecular formula is C31H49FO2. The van der Waals surface area contributed by atoms with E-state index in [0.717, 1.165) is 31.1 Å². The molecule has 1 heterocycles. The molecule has 4 aliphatic carbocycles. The Hall–Kier alpha value is -0.860. The van der Waals surface area contributed by atoms with Crippen molar-refractivity contribution in [2.75, 3.05) is 0 Å². The van der Waals surface area contributed by atoms with Crippen molar-refractivity contribution in [2.45, 2.75) is 141 Å². The van der Waals surface area contributed by atoms with Crippen molar-refractivity contribution in [2.24, 2.45) is 34.5 Å². The molecule has 0 aromatic heterocycles. The highest BCUT2D eigenvalue weighted by Gasteiger charge is 2.68. The molecule has 0 bridgehead atoms. The topological polar surface area (TPSA) is 26.3 Å². The molecule has 4 saturated carbocycles. The Morgan fingerprint density at radius 3 is 2.44 bits per heavy atom. The third-order valence-corrected chi connectivity index (χ3v) is 12.1. The summed E-state index contributed by atoms with van der Waals surface area (Å²) >= 11 is 0. The van der Waals surface area contributed by atoms with Crippen molar-refractivity contribution in [3.63, 3.8) is 0 Å². The van der Waals surface area contributed by atoms with Crippen molar-refractivity contribution in [1.29, 1.82) is 0 Å². The van der Waals surface area contributed by atoms with Crippen LogP contribution in [0.2, 0.25) is 0 Å². The second-order valence-corrected chi connectivity index (χ2v) is 13.7. The first-order valence-corrected chi connectivity index (χ1v) is 14.8. The summed E-state index contributed by atoms with van der Waals surface area (Å²) in [5.74, 6) is 2.56. The van der Waals surface area contributed by atoms with E-state index in [-0.39, 0.29) is 11.4 Å². The molecule has 2 nitrogen and oxygen atoms in total. The number of alkyl halides is 1. The summed E-state index contributed by atoms with van der Waals surface area (Å²) in [6, 6.07) is 0. The van der Waals surface area contributed by atoms with Crippen molar-refractivity contribution in [1.82, 2.24) is 0 Å². The normalized spacial score (nSPS) is 47.9. The second-order valence-electron chi connectivity index (χ2n) is 13.7. The van der Waals surface area contributed by atoms with Crippen LogP contribution in [0.1, 0.15) is 130 Å². The Kier molecular flexibility index (Phi) is 6.50. The predicted molar refractivity (Wildman–Crippen MR) is 136 cm³/mol. The quantitative estimate of drug-likeness (QED) is 0.210. The van der Waals surface area contributed by atoms with Gasteiger partial charge in [0.2, 0.25) is 0 Å². The number of fused-ring (bicyclic) bond motifs is 5. The fourth-order valence-corrected chi connectivity index (χ4v) is 10.0. The first kappa shape index (κ1) is 24.8. The zero-order valence-corrected chi connectivity index (χ0v) is 22.2. The van der Waals surface area contributed by atoms with E-state index >= 15 is 4.39 Å². The molecule has 192 valence electrons. The minimum absolute atomic E-state index is 0.268. The molecule has 8 atom stereocenters. The van der Waals surface area contributed by atoms with Gasteiger partial charge in [-0.05, 0) is 86.9 Å². The molecule has 34 heavy (non-hydrogen) atoms. The van der Waals surface area contributed by atoms with Gasteiger partial charge in [0.05, 0.1) is 0 Å². The number of unbranched alkanes of at least 4 members (excludes halogenated alkanes) is 5. The number of carbonyl (C=O) groups excluding carboxylic acids is 1. The van der Waals surface area contributed by atoms with E-state index in [4.69, 9.17) is 4.74 Å². The van der Waals surface area contributed by atoms with Gasteiger partial charge in [-0.3, -0.25) is 0 Å². The average molecular weight is 473 g/mol. The van der Waals surface area contributed by atoms with Crippen molar-refractivity contribution in [3.05, 3.63) is 12.2 Å². The monoisotopic (exact) mass is 472 g/mol. The summed E-state index contributed by atoms with van der Waals surface area (Å²) < 4.78 is 22.7. The first-order chi connectivity index (χ1) is 16.2. The molecule has 0 aromatic carbocycles. The Labute approximate surface area is 207 Å². The molecule has 0 aromatic rings. The smallest absolute Gasteiger partial charge is 0.334 e. The minimum atomic E-state index is -1.21. The maximum Gasteiger partial charge on any atom is 0.334 e. The van der Waals surface area contributed by atoms with Crippen molar-refractivity contribution >= 4 is 5.97 Å². The number of rotatable bonds is 7. The van der Waals surface area contributed by atoms with Gasteiger partial charge in [0.15, 0.2) is 0 Å². The van der Waals surface area contributed by atoms with Crippen LogP contribution in [0.25, 0.3) is 0 Å². The van der Waals surface area contributed by atoms with Crippen LogP contribution >= 0.6 is 0 Å². The van der Waals surface area contributed by atoms with Gasteiger partial charge in [-0.25, -0.2) is 9.18 Å². The largest absolute Gasteiger partial charge is 0.455 e. The van der Waals surface area contributed by atoms with Crippen LogP contribution < -0.4 is 0 Å². The van der Waals surface area contributed by atoms with Crippen LogP contribution in [0.4, 0.5) is 4.39 Å². The van der Waals surface area contributed by atoms with Crippen LogP contribution in [0.3, 0.4) is 0 Å². The molecule has 0 amide bonds. The van der Waals surface area contributed by atoms with E-state index in [9.17, 15) is 4.79 Å². The minimum Gasteiger partial charge on any atom is -0.455 e. The standard InChI is InChI=1S/C31H49FO2/c1-5-6-7-8-9-10-11-23-12-13-25-24-14-17-31(32)21-30(20-22(2)27(33)34-30)19-18-29(31,4)26(24)15-16-28(23,25)3/h23-26H,2,5-21H2,1,3-4H3/t23-,24-,25-,26-,28+,29+,30-,31+/m0/s1. The summed E-state index contributed by atoms with van der Waals surface area (Å²) in [6.07, 6.45) is 19.3. The molecule has 3 heteroatoms. The number of hydrogen-bond acceptors (Lipinski definition) is 2. The fourth-order valence-electron chi connectivity index (χ4n) is 10.0. The van der Waals surface area contributed by atoms with Crippen LogP contribution in [0.15, 0.2) is 12.2 Å². The molecular weight excluding hydrogens is 423 g/mol. The Bertz CT molecular complexity index is 789. The second kappa shape index (κ2) is 8.91. The lowest BCUT2D eigenvalue weighted by Gasteiger charge is -2.64. The first-order valence-electron chi connectivity index (χ1n) is 14.8. The molecule has 1 spiro atoms. The van der Waals surface area contributed by atoms with Gasteiger partial charge in [-0.1, -0.05) is 65.9 Å². The van der Waals surface area contributed by atoms with E-state index in [1.165, 1.54) is 70.6 Å². The maximum atomic E-state index is 16.9. The van der Waals surface area contributed by atoms with Gasteiger partial charge >= 0.3 is 5.97 Å². The van der Waals surface area contributed by atoms with Gasteiger partial charge in [0.1, 0.15) is 11.3 Å². The van der Waals surface area contributed by atoms with Gasteiger partial charge in [-0.2, -0.15) is 0 Å². The zero-order chi connectivity index (χ0) is 24.2. The van der Waals surface area contributed by atoms with Gasteiger partial charge in [0.25, 0.3) is 0 Å². The maximum absolute atomic E-state index is 16.9. The van der Waals surface area contributed by atoms with Crippen LogP contribution in [0, 0.1) is 34.5 Å². The molecule has 0 radical (unpaired) electrons. The Morgan fingerprint density at radius 2 is 1.71 bits per heavy atom. The predicted octanol–water partition coefficient (Wildman–Crippen LogP) is 8.73. The number of esters is 1. The van der Waals surface area contributed by atoms with Crippen LogP contribution in [0.5, 0.6) is 0 Å². The lowest BCUT2D eigenvalue weighted by molar-refractivity contribution is -0.209. The summed E-state index contributed by atoms with van der Waals surface area (Å²) in [7, 11) is 0. The number of carbonyl (C=O) groups is 1. The average Bonchev–Trinajstić information content (AvgIpc) is 3.27. The third kappa shape index (κ3) is 3.81. The summed E-state index contributed by atoms with van der Waals surface area (Å²) in [5.41, 5.74) is -1.07. The zero-order valence-electron chi connectivity index (χ0n) is 22.2. The fraction of sp³-hybridized carbons (Fsp3) is 0.903. The molecule has 5 rings (SSSR count). The molecule has 5 fully saturated rings. The summed E-state index contributed by atoms with van der Waals surface area (Å²) in [5, 5.41) is 0. The molecule has 0 unspecified atom stereocenters. The van der Waals surface area contributed by atoms with E-state index in [0.29, 0.717) is 42.1 Å². The third-order valence-electron chi connectivity index (χ3n) is 12.1. The van der Waals surface area contributed by atoms with Gasteiger partial charge in [0, 0.05) is 23.8 Å². The van der Waals surface area contributed by atoms with Gasteiger partial charge in [-0.15, -0.1) is 0 Å². The number of ether oxygens (including phenoxy) is 1. The van der Waals surface area contributed by atoms with Crippen molar-refractivity contribution in [3.8, 4) is 0 Å². The number of hydrogen-bond donors (Lipinski definition) is 0. The Balaban J connectivity index is 1.26. The lowest BCUT2D eigenvalue weighted by Crippen LogP contribution is -2.63. The highest BCUT2D eigenvalue weighted by molar-refractivity contribution is 5.90. The number of halogens is 1. The highest BCUT2D eigenvalue weighted by atomic mass is 19.1. The SMILES string of the molecule is C=C1C[C@]2(CC[C@]3(C)[C@H]4CC[C@]5(C)[C@@H](CCCCCCCC)CC[C@H]5[C@@H]4CC[C@@]3(F)C2)OC1=O. The van der Waals surface area contributed by atoms with Gasteiger partial charge < -0.3 is 4.74 Å².